The van der Waals surface area contributed by atoms with Gasteiger partial charge in [0.15, 0.2) is 0 Å². The minimum atomic E-state index is -0.628. The maximum atomic E-state index is 11.3. The second-order valence-electron chi connectivity index (χ2n) is 4.50. The smallest absolute Gasteiger partial charge is 0.128 e. The minimum Gasteiger partial charge on any atom is -0.355 e. The van der Waals surface area contributed by atoms with E-state index in [9.17, 15) is 4.21 Å². The molecule has 2 heterocycles. The van der Waals surface area contributed by atoms with E-state index in [1.807, 2.05) is 12.1 Å². The Bertz CT molecular complexity index is 401. The Hall–Kier alpha value is -0.940. The Morgan fingerprint density at radius 1 is 1.39 bits per heavy atom. The van der Waals surface area contributed by atoms with Crippen molar-refractivity contribution in [3.63, 3.8) is 0 Å². The molecule has 2 rings (SSSR count). The molecule has 1 fully saturated rings. The first kappa shape index (κ1) is 13.5. The van der Waals surface area contributed by atoms with E-state index in [2.05, 4.69) is 28.2 Å². The van der Waals surface area contributed by atoms with Crippen molar-refractivity contribution in [1.29, 1.82) is 0 Å². The van der Waals surface area contributed by atoms with E-state index in [0.29, 0.717) is 0 Å². The Balaban J connectivity index is 1.96. The maximum Gasteiger partial charge on any atom is 0.128 e. The molecule has 0 aliphatic carbocycles. The van der Waals surface area contributed by atoms with Gasteiger partial charge in [-0.3, -0.25) is 4.21 Å². The summed E-state index contributed by atoms with van der Waals surface area (Å²) in [5.41, 5.74) is 1.08. The van der Waals surface area contributed by atoms with Crippen molar-refractivity contribution in [2.24, 2.45) is 0 Å². The predicted octanol–water partition coefficient (Wildman–Crippen LogP) is 1.15. The average molecular weight is 267 g/mol. The van der Waals surface area contributed by atoms with Crippen LogP contribution in [0.3, 0.4) is 0 Å². The lowest BCUT2D eigenvalue weighted by Crippen LogP contribution is -2.38. The van der Waals surface area contributed by atoms with Gasteiger partial charge in [-0.05, 0) is 25.1 Å². The Kier molecular flexibility index (Phi) is 5.13. The van der Waals surface area contributed by atoms with Crippen LogP contribution >= 0.6 is 0 Å². The number of rotatable bonds is 5. The highest BCUT2D eigenvalue weighted by atomic mass is 32.2. The molecule has 0 atom stereocenters. The zero-order chi connectivity index (χ0) is 12.8. The highest BCUT2D eigenvalue weighted by Gasteiger charge is 2.16. The maximum absolute atomic E-state index is 11.3. The summed E-state index contributed by atoms with van der Waals surface area (Å²) >= 11 is 0. The van der Waals surface area contributed by atoms with E-state index in [1.165, 1.54) is 0 Å². The van der Waals surface area contributed by atoms with Crippen LogP contribution in [0, 0.1) is 0 Å². The minimum absolute atomic E-state index is 0.628. The Labute approximate surface area is 111 Å². The number of nitrogens with one attached hydrogen (secondary N) is 1. The number of anilines is 1. The van der Waals surface area contributed by atoms with E-state index in [0.717, 1.165) is 55.6 Å². The number of hydrogen-bond acceptors (Lipinski definition) is 4. The number of nitrogens with zero attached hydrogens (tertiary/aromatic N) is 2. The molecule has 1 aromatic rings. The first-order valence-corrected chi connectivity index (χ1v) is 8.05. The molecule has 1 aliphatic rings. The summed E-state index contributed by atoms with van der Waals surface area (Å²) in [4.78, 5) is 6.88. The lowest BCUT2D eigenvalue weighted by atomic mass is 10.3. The normalized spacial score (nSPS) is 17.1. The molecular weight excluding hydrogens is 246 g/mol. The fraction of sp³-hybridized carbons (Fsp3) is 0.615. The molecule has 0 saturated carbocycles. The van der Waals surface area contributed by atoms with E-state index in [1.54, 1.807) is 0 Å². The zero-order valence-corrected chi connectivity index (χ0v) is 11.7. The van der Waals surface area contributed by atoms with E-state index in [-0.39, 0.29) is 0 Å². The van der Waals surface area contributed by atoms with Crippen LogP contribution in [-0.2, 0) is 17.3 Å². The second kappa shape index (κ2) is 6.85. The summed E-state index contributed by atoms with van der Waals surface area (Å²) in [5, 5.41) is 3.36. The molecule has 100 valence electrons. The number of pyridine rings is 1. The molecule has 1 aromatic heterocycles. The topological polar surface area (TPSA) is 45.2 Å². The molecule has 18 heavy (non-hydrogen) atoms. The van der Waals surface area contributed by atoms with Crippen LogP contribution in [-0.4, -0.2) is 40.3 Å². The van der Waals surface area contributed by atoms with Gasteiger partial charge in [-0.15, -0.1) is 0 Å². The van der Waals surface area contributed by atoms with Gasteiger partial charge < -0.3 is 10.2 Å². The van der Waals surface area contributed by atoms with Crippen LogP contribution in [0.4, 0.5) is 5.82 Å². The van der Waals surface area contributed by atoms with Crippen molar-refractivity contribution in [2.75, 3.05) is 36.0 Å². The van der Waals surface area contributed by atoms with Crippen molar-refractivity contribution < 1.29 is 4.21 Å². The fourth-order valence-corrected chi connectivity index (χ4v) is 3.05. The Morgan fingerprint density at radius 3 is 2.89 bits per heavy atom. The second-order valence-corrected chi connectivity index (χ2v) is 6.20. The number of aromatic nitrogens is 1. The summed E-state index contributed by atoms with van der Waals surface area (Å²) in [6, 6.07) is 6.14. The third kappa shape index (κ3) is 3.78. The molecule has 4 nitrogen and oxygen atoms in total. The molecule has 0 spiro atoms. The summed E-state index contributed by atoms with van der Waals surface area (Å²) in [7, 11) is -0.628. The van der Waals surface area contributed by atoms with Crippen LogP contribution in [0.25, 0.3) is 0 Å². The Morgan fingerprint density at radius 2 is 2.17 bits per heavy atom. The highest BCUT2D eigenvalue weighted by molar-refractivity contribution is 7.85. The largest absolute Gasteiger partial charge is 0.355 e. The quantitative estimate of drug-likeness (QED) is 0.813. The van der Waals surface area contributed by atoms with Crippen molar-refractivity contribution in [3.8, 4) is 0 Å². The summed E-state index contributed by atoms with van der Waals surface area (Å²) in [5.74, 6) is 2.54. The molecule has 0 radical (unpaired) electrons. The van der Waals surface area contributed by atoms with Gasteiger partial charge in [-0.1, -0.05) is 13.0 Å². The molecule has 0 unspecified atom stereocenters. The van der Waals surface area contributed by atoms with Gasteiger partial charge in [-0.2, -0.15) is 0 Å². The molecule has 1 N–H and O–H groups in total. The average Bonchev–Trinajstić information content (AvgIpc) is 2.40. The van der Waals surface area contributed by atoms with E-state index < -0.39 is 10.8 Å². The summed E-state index contributed by atoms with van der Waals surface area (Å²) < 4.78 is 11.3. The lowest BCUT2D eigenvalue weighted by Gasteiger charge is -2.27. The van der Waals surface area contributed by atoms with Gasteiger partial charge in [0, 0.05) is 41.9 Å². The molecular formula is C13H21N3OS. The predicted molar refractivity (Wildman–Crippen MR) is 76.3 cm³/mol. The van der Waals surface area contributed by atoms with Gasteiger partial charge in [0.25, 0.3) is 0 Å². The van der Waals surface area contributed by atoms with Gasteiger partial charge in [0.05, 0.1) is 5.69 Å². The van der Waals surface area contributed by atoms with Crippen molar-refractivity contribution in [2.45, 2.75) is 19.9 Å². The lowest BCUT2D eigenvalue weighted by molar-refractivity contribution is 0.660. The molecule has 1 saturated heterocycles. The van der Waals surface area contributed by atoms with E-state index in [4.69, 9.17) is 0 Å². The SMILES string of the molecule is CCCNCc1cccc(N2CCS(=O)CC2)n1. The number of hydrogen-bond donors (Lipinski definition) is 1. The van der Waals surface area contributed by atoms with Gasteiger partial charge in [0.1, 0.15) is 5.82 Å². The first-order chi connectivity index (χ1) is 8.79. The zero-order valence-electron chi connectivity index (χ0n) is 10.9. The monoisotopic (exact) mass is 267 g/mol. The molecule has 1 aliphatic heterocycles. The third-order valence-electron chi connectivity index (χ3n) is 3.03. The van der Waals surface area contributed by atoms with Gasteiger partial charge in [-0.25, -0.2) is 4.98 Å². The summed E-state index contributed by atoms with van der Waals surface area (Å²) in [6.45, 7) is 5.71. The van der Waals surface area contributed by atoms with Gasteiger partial charge in [0.2, 0.25) is 0 Å². The fourth-order valence-electron chi connectivity index (χ4n) is 2.00. The molecule has 5 heteroatoms. The van der Waals surface area contributed by atoms with Crippen molar-refractivity contribution >= 4 is 16.6 Å². The van der Waals surface area contributed by atoms with Crippen LogP contribution in [0.5, 0.6) is 0 Å². The highest BCUT2D eigenvalue weighted by Crippen LogP contribution is 2.13. The first-order valence-electron chi connectivity index (χ1n) is 6.56. The summed E-state index contributed by atoms with van der Waals surface area (Å²) in [6.07, 6.45) is 1.14. The van der Waals surface area contributed by atoms with Crippen LogP contribution in [0.1, 0.15) is 19.0 Å². The van der Waals surface area contributed by atoms with Crippen molar-refractivity contribution in [3.05, 3.63) is 23.9 Å². The third-order valence-corrected chi connectivity index (χ3v) is 4.30. The van der Waals surface area contributed by atoms with Crippen molar-refractivity contribution in [1.82, 2.24) is 10.3 Å². The standard InChI is InChI=1S/C13H21N3OS/c1-2-6-14-11-12-4-3-5-13(15-12)16-7-9-18(17)10-8-16/h3-5,14H,2,6-11H2,1H3. The van der Waals surface area contributed by atoms with Gasteiger partial charge >= 0.3 is 0 Å². The van der Waals surface area contributed by atoms with E-state index >= 15 is 0 Å². The molecule has 0 bridgehead atoms. The van der Waals surface area contributed by atoms with Crippen LogP contribution in [0.15, 0.2) is 18.2 Å². The van der Waals surface area contributed by atoms with Crippen LogP contribution in [0.2, 0.25) is 0 Å². The molecule has 0 amide bonds. The molecule has 0 aromatic carbocycles. The van der Waals surface area contributed by atoms with Crippen LogP contribution < -0.4 is 10.2 Å².